The quantitative estimate of drug-likeness (QED) is 0.733. The molecule has 0 amide bonds. The molecule has 1 aliphatic heterocycles. The van der Waals surface area contributed by atoms with Gasteiger partial charge < -0.3 is 15.5 Å². The number of aromatic nitrogens is 2. The second-order valence-electron chi connectivity index (χ2n) is 7.26. The van der Waals surface area contributed by atoms with Crippen LogP contribution in [0.15, 0.2) is 17.5 Å². The van der Waals surface area contributed by atoms with Crippen LogP contribution in [0.2, 0.25) is 0 Å². The highest BCUT2D eigenvalue weighted by Crippen LogP contribution is 2.39. The summed E-state index contributed by atoms with van der Waals surface area (Å²) in [6.07, 6.45) is 4.50. The van der Waals surface area contributed by atoms with E-state index in [4.69, 9.17) is 9.97 Å². The van der Waals surface area contributed by atoms with Crippen molar-refractivity contribution in [3.05, 3.63) is 39.5 Å². The van der Waals surface area contributed by atoms with E-state index in [0.717, 1.165) is 44.1 Å². The molecule has 5 nitrogen and oxygen atoms in total. The molecule has 0 spiro atoms. The van der Waals surface area contributed by atoms with Gasteiger partial charge in [0.15, 0.2) is 0 Å². The van der Waals surface area contributed by atoms with E-state index in [1.165, 1.54) is 29.0 Å². The van der Waals surface area contributed by atoms with Gasteiger partial charge in [0, 0.05) is 35.9 Å². The van der Waals surface area contributed by atoms with Gasteiger partial charge in [-0.3, -0.25) is 0 Å². The minimum absolute atomic E-state index is 0. The fourth-order valence-electron chi connectivity index (χ4n) is 3.45. The van der Waals surface area contributed by atoms with Crippen molar-refractivity contribution in [3.63, 3.8) is 0 Å². The van der Waals surface area contributed by atoms with Crippen LogP contribution in [-0.2, 0) is 12.8 Å². The largest absolute Gasteiger partial charge is 0.368 e. The predicted molar refractivity (Wildman–Crippen MR) is 118 cm³/mol. The number of nitrogens with one attached hydrogen (secondary N) is 2. The summed E-state index contributed by atoms with van der Waals surface area (Å²) in [4.78, 5) is 13.5. The van der Waals surface area contributed by atoms with Crippen molar-refractivity contribution < 1.29 is 0 Å². The van der Waals surface area contributed by atoms with Gasteiger partial charge in [-0.15, -0.1) is 36.2 Å². The summed E-state index contributed by atoms with van der Waals surface area (Å²) in [6, 6.07) is 4.71. The maximum Gasteiger partial charge on any atom is 0.134 e. The molecule has 1 atom stereocenters. The molecule has 0 saturated heterocycles. The van der Waals surface area contributed by atoms with Gasteiger partial charge in [0.1, 0.15) is 11.6 Å². The minimum Gasteiger partial charge on any atom is -0.368 e. The van der Waals surface area contributed by atoms with Gasteiger partial charge in [0.2, 0.25) is 0 Å². The van der Waals surface area contributed by atoms with E-state index in [1.807, 2.05) is 11.3 Å². The topological polar surface area (TPSA) is 53.1 Å². The zero-order valence-electron chi connectivity index (χ0n) is 15.9. The lowest BCUT2D eigenvalue weighted by Gasteiger charge is -2.25. The highest BCUT2D eigenvalue weighted by molar-refractivity contribution is 7.10. The Morgan fingerprint density at radius 3 is 2.67 bits per heavy atom. The maximum absolute atomic E-state index is 4.94. The van der Waals surface area contributed by atoms with E-state index in [9.17, 15) is 0 Å². The third-order valence-electron chi connectivity index (χ3n) is 5.10. The molecule has 150 valence electrons. The van der Waals surface area contributed by atoms with Crippen LogP contribution in [0, 0.1) is 0 Å². The molecular weight excluding hydrogens is 401 g/mol. The van der Waals surface area contributed by atoms with Crippen LogP contribution < -0.4 is 10.6 Å². The summed E-state index contributed by atoms with van der Waals surface area (Å²) >= 11 is 1.82. The van der Waals surface area contributed by atoms with E-state index in [2.05, 4.69) is 47.1 Å². The third kappa shape index (κ3) is 5.33. The van der Waals surface area contributed by atoms with Crippen LogP contribution in [0.5, 0.6) is 0 Å². The number of hydrogen-bond acceptors (Lipinski definition) is 6. The molecule has 0 aromatic carbocycles. The molecule has 8 heteroatoms. The maximum atomic E-state index is 4.94. The van der Waals surface area contributed by atoms with Gasteiger partial charge >= 0.3 is 0 Å². The van der Waals surface area contributed by atoms with Crippen molar-refractivity contribution in [2.24, 2.45) is 0 Å². The summed E-state index contributed by atoms with van der Waals surface area (Å²) in [5.74, 6) is 2.71. The molecule has 3 heterocycles. The number of nitrogens with zero attached hydrogens (tertiary/aromatic N) is 3. The van der Waals surface area contributed by atoms with Crippen LogP contribution in [0.1, 0.15) is 46.8 Å². The number of hydrogen-bond donors (Lipinski definition) is 2. The molecule has 0 bridgehead atoms. The molecule has 1 aliphatic carbocycles. The van der Waals surface area contributed by atoms with E-state index >= 15 is 0 Å². The Balaban J connectivity index is 0.00000131. The molecule has 27 heavy (non-hydrogen) atoms. The van der Waals surface area contributed by atoms with Gasteiger partial charge in [0.25, 0.3) is 0 Å². The van der Waals surface area contributed by atoms with Gasteiger partial charge in [0.05, 0.1) is 11.7 Å². The molecule has 2 aromatic heterocycles. The molecule has 2 aromatic rings. The summed E-state index contributed by atoms with van der Waals surface area (Å²) < 4.78 is 0. The number of fused-ring (bicyclic) bond motifs is 1. The second kappa shape index (κ2) is 10.0. The van der Waals surface area contributed by atoms with E-state index < -0.39 is 0 Å². The standard InChI is InChI=1S/C19H27N5S.2ClH/c1-24(2)16(17-4-3-11-25-17)12-21-19-14-7-9-20-10-8-15(14)22-18(23-19)13-5-6-13;;/h3-4,11,13,16,20H,5-10,12H2,1-2H3,(H,21,22,23);2*1H. The minimum atomic E-state index is 0. The Morgan fingerprint density at radius 2 is 2.00 bits per heavy atom. The first-order chi connectivity index (χ1) is 12.2. The first-order valence-electron chi connectivity index (χ1n) is 9.26. The monoisotopic (exact) mass is 429 g/mol. The summed E-state index contributed by atoms with van der Waals surface area (Å²) in [6.45, 7) is 2.90. The van der Waals surface area contributed by atoms with E-state index in [-0.39, 0.29) is 24.8 Å². The van der Waals surface area contributed by atoms with Crippen LogP contribution in [-0.4, -0.2) is 48.6 Å². The highest BCUT2D eigenvalue weighted by atomic mass is 35.5. The van der Waals surface area contributed by atoms with Crippen LogP contribution >= 0.6 is 36.2 Å². The Hall–Kier alpha value is -0.920. The molecule has 4 rings (SSSR count). The zero-order valence-corrected chi connectivity index (χ0v) is 18.4. The van der Waals surface area contributed by atoms with Crippen LogP contribution in [0.3, 0.4) is 0 Å². The highest BCUT2D eigenvalue weighted by Gasteiger charge is 2.29. The Labute approximate surface area is 178 Å². The van der Waals surface area contributed by atoms with E-state index in [1.54, 1.807) is 0 Å². The van der Waals surface area contributed by atoms with Crippen molar-refractivity contribution in [1.82, 2.24) is 20.2 Å². The smallest absolute Gasteiger partial charge is 0.134 e. The van der Waals surface area contributed by atoms with Gasteiger partial charge in [-0.1, -0.05) is 6.07 Å². The van der Waals surface area contributed by atoms with Crippen LogP contribution in [0.4, 0.5) is 5.82 Å². The molecule has 1 fully saturated rings. The van der Waals surface area contributed by atoms with Crippen molar-refractivity contribution in [1.29, 1.82) is 0 Å². The number of halogens is 2. The Kier molecular flexibility index (Phi) is 8.31. The van der Waals surface area contributed by atoms with Gasteiger partial charge in [-0.05, 0) is 51.3 Å². The van der Waals surface area contributed by atoms with Gasteiger partial charge in [-0.2, -0.15) is 0 Å². The van der Waals surface area contributed by atoms with Crippen molar-refractivity contribution in [2.45, 2.75) is 37.6 Å². The predicted octanol–water partition coefficient (Wildman–Crippen LogP) is 3.66. The Bertz CT molecular complexity index is 719. The SMILES string of the molecule is CN(C)C(CNc1nc(C2CC2)nc2c1CCNCC2)c1cccs1.Cl.Cl. The summed E-state index contributed by atoms with van der Waals surface area (Å²) in [5.41, 5.74) is 2.57. The number of likely N-dealkylation sites (N-methyl/N-ethyl adjacent to an activating group) is 1. The molecule has 1 unspecified atom stereocenters. The molecular formula is C19H29Cl2N5S. The third-order valence-corrected chi connectivity index (χ3v) is 6.07. The molecule has 0 radical (unpaired) electrons. The average Bonchev–Trinajstić information content (AvgIpc) is 3.36. The fraction of sp³-hybridized carbons (Fsp3) is 0.579. The lowest BCUT2D eigenvalue weighted by atomic mass is 10.1. The first-order valence-corrected chi connectivity index (χ1v) is 10.1. The zero-order chi connectivity index (χ0) is 17.2. The molecule has 2 aliphatic rings. The lowest BCUT2D eigenvalue weighted by Crippen LogP contribution is -2.27. The summed E-state index contributed by atoms with van der Waals surface area (Å²) in [5, 5.41) is 9.32. The normalized spacial score (nSPS) is 17.3. The fourth-order valence-corrected chi connectivity index (χ4v) is 4.37. The van der Waals surface area contributed by atoms with Crippen molar-refractivity contribution in [3.8, 4) is 0 Å². The van der Waals surface area contributed by atoms with Crippen molar-refractivity contribution >= 4 is 42.0 Å². The summed E-state index contributed by atoms with van der Waals surface area (Å²) in [7, 11) is 4.29. The van der Waals surface area contributed by atoms with Crippen LogP contribution in [0.25, 0.3) is 0 Å². The van der Waals surface area contributed by atoms with Crippen molar-refractivity contribution in [2.75, 3.05) is 39.0 Å². The molecule has 1 saturated carbocycles. The number of thiophene rings is 1. The molecule has 2 N–H and O–H groups in total. The van der Waals surface area contributed by atoms with Gasteiger partial charge in [-0.25, -0.2) is 9.97 Å². The second-order valence-corrected chi connectivity index (χ2v) is 8.23. The average molecular weight is 430 g/mol. The first kappa shape index (κ1) is 22.4. The lowest BCUT2D eigenvalue weighted by molar-refractivity contribution is 0.316. The number of rotatable bonds is 6. The van der Waals surface area contributed by atoms with E-state index in [0.29, 0.717) is 12.0 Å². The number of anilines is 1. The Morgan fingerprint density at radius 1 is 1.22 bits per heavy atom.